The molecule has 1 aromatic rings. The second-order valence-electron chi connectivity index (χ2n) is 4.15. The fourth-order valence-electron chi connectivity index (χ4n) is 1.69. The van der Waals surface area contributed by atoms with Crippen molar-refractivity contribution in [2.45, 2.75) is 20.3 Å². The molecule has 0 saturated heterocycles. The lowest BCUT2D eigenvalue weighted by molar-refractivity contribution is -0.140. The molecule has 0 aliphatic rings. The van der Waals surface area contributed by atoms with E-state index in [1.54, 1.807) is 13.0 Å². The maximum atomic E-state index is 12.3. The molecular weight excluding hydrogens is 258 g/mol. The number of aryl methyl sites for hydroxylation is 1. The van der Waals surface area contributed by atoms with Crippen molar-refractivity contribution in [3.05, 3.63) is 29.1 Å². The van der Waals surface area contributed by atoms with E-state index in [1.165, 1.54) is 18.1 Å². The van der Waals surface area contributed by atoms with Crippen molar-refractivity contribution >= 4 is 11.9 Å². The van der Waals surface area contributed by atoms with E-state index in [2.05, 4.69) is 9.72 Å². The van der Waals surface area contributed by atoms with E-state index in [-0.39, 0.29) is 30.5 Å². The number of hydrogen-bond acceptors (Lipinski definition) is 5. The topological polar surface area (TPSA) is 83.3 Å². The number of pyridine rings is 1. The Morgan fingerprint density at radius 3 is 2.65 bits per heavy atom. The van der Waals surface area contributed by atoms with Crippen LogP contribution >= 0.6 is 0 Å². The van der Waals surface area contributed by atoms with Crippen LogP contribution < -0.4 is 0 Å². The van der Waals surface area contributed by atoms with Crippen LogP contribution in [0.3, 0.4) is 0 Å². The Morgan fingerprint density at radius 1 is 1.45 bits per heavy atom. The van der Waals surface area contributed by atoms with Gasteiger partial charge in [0, 0.05) is 13.1 Å². The molecule has 20 heavy (non-hydrogen) atoms. The third kappa shape index (κ3) is 3.79. The molecule has 6 nitrogen and oxygen atoms in total. The molecular formula is C14H17N3O3. The van der Waals surface area contributed by atoms with E-state index in [0.29, 0.717) is 17.8 Å². The van der Waals surface area contributed by atoms with Gasteiger partial charge < -0.3 is 9.64 Å². The zero-order valence-corrected chi connectivity index (χ0v) is 11.8. The Labute approximate surface area is 118 Å². The lowest BCUT2D eigenvalue weighted by Gasteiger charge is -2.20. The van der Waals surface area contributed by atoms with E-state index in [1.807, 2.05) is 13.0 Å². The lowest BCUT2D eigenvalue weighted by atomic mass is 10.2. The van der Waals surface area contributed by atoms with E-state index in [4.69, 9.17) is 5.26 Å². The maximum absolute atomic E-state index is 12.3. The second kappa shape index (κ2) is 7.24. The molecule has 1 amide bonds. The first-order valence-electron chi connectivity index (χ1n) is 6.27. The van der Waals surface area contributed by atoms with Crippen molar-refractivity contribution in [2.24, 2.45) is 0 Å². The zero-order valence-electron chi connectivity index (χ0n) is 11.8. The fourth-order valence-corrected chi connectivity index (χ4v) is 1.69. The van der Waals surface area contributed by atoms with Crippen molar-refractivity contribution < 1.29 is 14.3 Å². The summed E-state index contributed by atoms with van der Waals surface area (Å²) in [7, 11) is 1.31. The standard InChI is InChI=1S/C14H17N3O3/c1-4-17(8-7-13(18)20-3)14(19)12-6-5-11(9-15)10(2)16-12/h5-6H,4,7-8H2,1-3H3. The van der Waals surface area contributed by atoms with Crippen molar-refractivity contribution in [1.29, 1.82) is 5.26 Å². The summed E-state index contributed by atoms with van der Waals surface area (Å²) < 4.78 is 4.55. The van der Waals surface area contributed by atoms with E-state index >= 15 is 0 Å². The van der Waals surface area contributed by atoms with Gasteiger partial charge in [0.25, 0.3) is 5.91 Å². The number of hydrogen-bond donors (Lipinski definition) is 0. The average Bonchev–Trinajstić information content (AvgIpc) is 2.47. The molecule has 0 aromatic carbocycles. The number of amides is 1. The van der Waals surface area contributed by atoms with Gasteiger partial charge in [0.2, 0.25) is 0 Å². The SMILES string of the molecule is CCN(CCC(=O)OC)C(=O)c1ccc(C#N)c(C)n1. The summed E-state index contributed by atoms with van der Waals surface area (Å²) in [4.78, 5) is 29.0. The van der Waals surface area contributed by atoms with Crippen molar-refractivity contribution in [1.82, 2.24) is 9.88 Å². The Morgan fingerprint density at radius 2 is 2.15 bits per heavy atom. The van der Waals surface area contributed by atoms with Gasteiger partial charge in [-0.1, -0.05) is 0 Å². The summed E-state index contributed by atoms with van der Waals surface area (Å²) in [6.07, 6.45) is 0.144. The molecule has 0 spiro atoms. The Bertz CT molecular complexity index is 549. The van der Waals surface area contributed by atoms with Crippen LogP contribution in [-0.4, -0.2) is 42.0 Å². The second-order valence-corrected chi connectivity index (χ2v) is 4.15. The molecule has 0 aliphatic carbocycles. The minimum absolute atomic E-state index is 0.144. The summed E-state index contributed by atoms with van der Waals surface area (Å²) in [5, 5.41) is 8.84. The molecule has 1 rings (SSSR count). The molecule has 0 unspecified atom stereocenters. The highest BCUT2D eigenvalue weighted by atomic mass is 16.5. The van der Waals surface area contributed by atoms with Gasteiger partial charge in [-0.25, -0.2) is 4.98 Å². The molecule has 0 saturated carbocycles. The van der Waals surface area contributed by atoms with Crippen LogP contribution in [0.2, 0.25) is 0 Å². The minimum Gasteiger partial charge on any atom is -0.469 e. The third-order valence-electron chi connectivity index (χ3n) is 2.91. The highest BCUT2D eigenvalue weighted by Crippen LogP contribution is 2.08. The largest absolute Gasteiger partial charge is 0.469 e. The van der Waals surface area contributed by atoms with Crippen molar-refractivity contribution in [3.63, 3.8) is 0 Å². The molecule has 0 aliphatic heterocycles. The number of esters is 1. The Hall–Kier alpha value is -2.42. The number of methoxy groups -OCH3 is 1. The smallest absolute Gasteiger partial charge is 0.307 e. The highest BCUT2D eigenvalue weighted by molar-refractivity contribution is 5.92. The predicted molar refractivity (Wildman–Crippen MR) is 71.9 cm³/mol. The molecule has 1 aromatic heterocycles. The first kappa shape index (κ1) is 15.6. The Kier molecular flexibility index (Phi) is 5.66. The molecule has 106 valence electrons. The van der Waals surface area contributed by atoms with Crippen LogP contribution in [-0.2, 0) is 9.53 Å². The highest BCUT2D eigenvalue weighted by Gasteiger charge is 2.17. The third-order valence-corrected chi connectivity index (χ3v) is 2.91. The van der Waals surface area contributed by atoms with Gasteiger partial charge in [-0.05, 0) is 26.0 Å². The molecule has 0 N–H and O–H groups in total. The zero-order chi connectivity index (χ0) is 15.1. The summed E-state index contributed by atoms with van der Waals surface area (Å²) in [6.45, 7) is 4.26. The predicted octanol–water partition coefficient (Wildman–Crippen LogP) is 1.29. The molecule has 0 bridgehead atoms. The normalized spacial score (nSPS) is 9.70. The number of carbonyl (C=O) groups is 2. The summed E-state index contributed by atoms with van der Waals surface area (Å²) >= 11 is 0. The summed E-state index contributed by atoms with van der Waals surface area (Å²) in [5.41, 5.74) is 1.23. The molecule has 1 heterocycles. The van der Waals surface area contributed by atoms with Gasteiger partial charge in [0.1, 0.15) is 11.8 Å². The van der Waals surface area contributed by atoms with Crippen LogP contribution in [0.4, 0.5) is 0 Å². The van der Waals surface area contributed by atoms with Crippen molar-refractivity contribution in [3.8, 4) is 6.07 Å². The van der Waals surface area contributed by atoms with Gasteiger partial charge in [-0.3, -0.25) is 9.59 Å². The van der Waals surface area contributed by atoms with Gasteiger partial charge >= 0.3 is 5.97 Å². The number of aromatic nitrogens is 1. The maximum Gasteiger partial charge on any atom is 0.307 e. The summed E-state index contributed by atoms with van der Waals surface area (Å²) in [5.74, 6) is -0.621. The van der Waals surface area contributed by atoms with Crippen LogP contribution in [0.15, 0.2) is 12.1 Å². The molecule has 6 heteroatoms. The Balaban J connectivity index is 2.83. The van der Waals surface area contributed by atoms with E-state index in [9.17, 15) is 9.59 Å². The molecule has 0 radical (unpaired) electrons. The van der Waals surface area contributed by atoms with Gasteiger partial charge in [-0.15, -0.1) is 0 Å². The van der Waals surface area contributed by atoms with Crippen LogP contribution in [0, 0.1) is 18.3 Å². The molecule has 0 atom stereocenters. The van der Waals surface area contributed by atoms with Crippen LogP contribution in [0.5, 0.6) is 0 Å². The lowest BCUT2D eigenvalue weighted by Crippen LogP contribution is -2.33. The van der Waals surface area contributed by atoms with Crippen LogP contribution in [0.25, 0.3) is 0 Å². The van der Waals surface area contributed by atoms with E-state index in [0.717, 1.165) is 0 Å². The first-order valence-corrected chi connectivity index (χ1v) is 6.27. The number of carbonyl (C=O) groups excluding carboxylic acids is 2. The number of nitriles is 1. The quantitative estimate of drug-likeness (QED) is 0.756. The number of ether oxygens (including phenoxy) is 1. The monoisotopic (exact) mass is 275 g/mol. The minimum atomic E-state index is -0.361. The van der Waals surface area contributed by atoms with Crippen molar-refractivity contribution in [2.75, 3.05) is 20.2 Å². The van der Waals surface area contributed by atoms with Gasteiger partial charge in [0.05, 0.1) is 24.8 Å². The van der Waals surface area contributed by atoms with Gasteiger partial charge in [0.15, 0.2) is 0 Å². The number of rotatable bonds is 5. The average molecular weight is 275 g/mol. The molecule has 0 fully saturated rings. The fraction of sp³-hybridized carbons (Fsp3) is 0.429. The van der Waals surface area contributed by atoms with Gasteiger partial charge in [-0.2, -0.15) is 5.26 Å². The summed E-state index contributed by atoms with van der Waals surface area (Å²) in [6, 6.07) is 5.10. The van der Waals surface area contributed by atoms with E-state index < -0.39 is 0 Å². The van der Waals surface area contributed by atoms with Crippen LogP contribution in [0.1, 0.15) is 35.1 Å². The number of nitrogens with zero attached hydrogens (tertiary/aromatic N) is 3. The first-order chi connectivity index (χ1) is 9.53.